The zero-order valence-electron chi connectivity index (χ0n) is 20.8. The van der Waals surface area contributed by atoms with Crippen molar-refractivity contribution in [2.75, 3.05) is 12.0 Å². The number of aliphatic hydroxyl groups is 1. The maximum atomic E-state index is 13.9. The molecular formula is C29H21FN2O6S. The molecule has 0 saturated carbocycles. The number of methoxy groups -OCH3 is 1. The van der Waals surface area contributed by atoms with Crippen LogP contribution in [-0.2, 0) is 20.7 Å². The van der Waals surface area contributed by atoms with E-state index in [0.717, 1.165) is 16.9 Å². The summed E-state index contributed by atoms with van der Waals surface area (Å²) in [5.41, 5.74) is 2.34. The van der Waals surface area contributed by atoms with E-state index in [2.05, 4.69) is 4.98 Å². The summed E-state index contributed by atoms with van der Waals surface area (Å²) in [4.78, 5) is 44.6. The number of thiazole rings is 1. The zero-order chi connectivity index (χ0) is 27.4. The topological polar surface area (TPSA) is 106 Å². The van der Waals surface area contributed by atoms with Gasteiger partial charge in [-0.1, -0.05) is 23.5 Å². The molecule has 8 nitrogen and oxygen atoms in total. The normalized spacial score (nSPS) is 19.8. The molecule has 0 spiro atoms. The minimum Gasteiger partial charge on any atom is -0.507 e. The number of aromatic nitrogens is 1. The fraction of sp³-hybridized carbons (Fsp3) is 0.172. The van der Waals surface area contributed by atoms with Gasteiger partial charge < -0.3 is 14.6 Å². The minimum absolute atomic E-state index is 0.0137. The largest absolute Gasteiger partial charge is 0.507 e. The minimum atomic E-state index is -1.05. The van der Waals surface area contributed by atoms with Gasteiger partial charge in [-0.05, 0) is 66.6 Å². The van der Waals surface area contributed by atoms with Crippen molar-refractivity contribution in [3.05, 3.63) is 94.3 Å². The molecule has 4 aromatic rings. The lowest BCUT2D eigenvalue weighted by molar-refractivity contribution is -0.132. The Kier molecular flexibility index (Phi) is 5.91. The van der Waals surface area contributed by atoms with Gasteiger partial charge in [0, 0.05) is 12.0 Å². The quantitative estimate of drug-likeness (QED) is 0.164. The van der Waals surface area contributed by atoms with Crippen LogP contribution in [0.4, 0.5) is 9.52 Å². The van der Waals surface area contributed by atoms with Crippen LogP contribution < -0.4 is 9.64 Å². The van der Waals surface area contributed by atoms with Gasteiger partial charge in [0.25, 0.3) is 5.78 Å². The second kappa shape index (κ2) is 9.32. The second-order valence-corrected chi connectivity index (χ2v) is 10.4. The third-order valence-electron chi connectivity index (χ3n) is 6.81. The Morgan fingerprint density at radius 3 is 2.59 bits per heavy atom. The first-order valence-corrected chi connectivity index (χ1v) is 12.9. The monoisotopic (exact) mass is 544 g/mol. The summed E-state index contributed by atoms with van der Waals surface area (Å²) in [7, 11) is 1.27. The van der Waals surface area contributed by atoms with Crippen LogP contribution in [0.2, 0.25) is 0 Å². The number of nitrogens with zero attached hydrogens (tertiary/aromatic N) is 2. The van der Waals surface area contributed by atoms with E-state index in [4.69, 9.17) is 9.47 Å². The van der Waals surface area contributed by atoms with Crippen LogP contribution in [0.5, 0.6) is 5.75 Å². The van der Waals surface area contributed by atoms with E-state index in [1.54, 1.807) is 30.3 Å². The number of ketones is 1. The Morgan fingerprint density at radius 1 is 1.10 bits per heavy atom. The molecule has 1 N–H and O–H groups in total. The average Bonchev–Trinajstić information content (AvgIpc) is 3.59. The molecule has 10 heteroatoms. The number of hydrogen-bond donors (Lipinski definition) is 1. The summed E-state index contributed by atoms with van der Waals surface area (Å²) in [5, 5.41) is 11.6. The summed E-state index contributed by atoms with van der Waals surface area (Å²) in [6.07, 6.45) is 0.631. The van der Waals surface area contributed by atoms with Crippen LogP contribution in [0.1, 0.15) is 40.0 Å². The molecule has 3 heterocycles. The molecule has 196 valence electrons. The van der Waals surface area contributed by atoms with Crippen molar-refractivity contribution in [2.24, 2.45) is 0 Å². The highest BCUT2D eigenvalue weighted by atomic mass is 32.1. The number of esters is 1. The van der Waals surface area contributed by atoms with Crippen molar-refractivity contribution in [1.82, 2.24) is 4.98 Å². The van der Waals surface area contributed by atoms with Crippen molar-refractivity contribution in [2.45, 2.75) is 25.5 Å². The molecular weight excluding hydrogens is 523 g/mol. The van der Waals surface area contributed by atoms with E-state index < -0.39 is 29.5 Å². The van der Waals surface area contributed by atoms with Crippen molar-refractivity contribution in [3.8, 4) is 5.75 Å². The van der Waals surface area contributed by atoms with Gasteiger partial charge in [0.05, 0.1) is 34.5 Å². The van der Waals surface area contributed by atoms with Gasteiger partial charge in [-0.15, -0.1) is 0 Å². The Morgan fingerprint density at radius 2 is 1.85 bits per heavy atom. The molecule has 0 unspecified atom stereocenters. The number of ether oxygens (including phenoxy) is 2. The van der Waals surface area contributed by atoms with E-state index in [-0.39, 0.29) is 28.1 Å². The summed E-state index contributed by atoms with van der Waals surface area (Å²) < 4.78 is 24.9. The Balaban J connectivity index is 1.52. The molecule has 0 radical (unpaired) electrons. The molecule has 3 aromatic carbocycles. The highest BCUT2D eigenvalue weighted by molar-refractivity contribution is 7.22. The maximum absolute atomic E-state index is 13.9. The van der Waals surface area contributed by atoms with Crippen LogP contribution in [0, 0.1) is 5.82 Å². The van der Waals surface area contributed by atoms with Gasteiger partial charge in [0.15, 0.2) is 5.13 Å². The van der Waals surface area contributed by atoms with E-state index in [0.29, 0.717) is 33.5 Å². The molecule has 1 saturated heterocycles. The van der Waals surface area contributed by atoms with Gasteiger partial charge in [-0.2, -0.15) is 0 Å². The van der Waals surface area contributed by atoms with Crippen LogP contribution in [0.25, 0.3) is 16.0 Å². The van der Waals surface area contributed by atoms with E-state index in [9.17, 15) is 23.9 Å². The predicted molar refractivity (Wildman–Crippen MR) is 142 cm³/mol. The summed E-state index contributed by atoms with van der Waals surface area (Å²) >= 11 is 1.06. The number of benzene rings is 3. The molecule has 6 rings (SSSR count). The third kappa shape index (κ3) is 4.13. The predicted octanol–water partition coefficient (Wildman–Crippen LogP) is 5.17. The molecule has 0 aliphatic carbocycles. The molecule has 0 bridgehead atoms. The highest BCUT2D eigenvalue weighted by Gasteiger charge is 2.48. The first-order chi connectivity index (χ1) is 18.7. The number of aliphatic hydroxyl groups excluding tert-OH is 1. The van der Waals surface area contributed by atoms with Crippen LogP contribution in [0.15, 0.2) is 66.2 Å². The van der Waals surface area contributed by atoms with Gasteiger partial charge in [-0.3, -0.25) is 14.5 Å². The number of Topliss-reactive ketones (excluding diaryl/α,β-unsaturated/α-hetero) is 1. The van der Waals surface area contributed by atoms with Crippen molar-refractivity contribution < 1.29 is 33.4 Å². The Bertz CT molecular complexity index is 1710. The lowest BCUT2D eigenvalue weighted by atomic mass is 9.94. The standard InChI is InChI=1S/C29H21FN2O6S/c1-14-11-18-12-17(7-10-21(18)38-14)25(33)23-24(15-3-5-16(6-4-15)28(36)37-2)32(27(35)26(23)34)29-31-20-9-8-19(30)13-22(20)39-29/h3-10,12-14,24,33H,11H2,1-2H3/b25-23+/t14-,24-/m0/s1. The SMILES string of the molecule is COC(=O)c1ccc([C@H]2/C(=C(\O)c3ccc4c(c3)C[C@H](C)O4)C(=O)C(=O)N2c2nc3ccc(F)cc3s2)cc1. The van der Waals surface area contributed by atoms with Crippen molar-refractivity contribution in [1.29, 1.82) is 0 Å². The third-order valence-corrected chi connectivity index (χ3v) is 7.82. The fourth-order valence-corrected chi connectivity index (χ4v) is 6.00. The number of anilines is 1. The van der Waals surface area contributed by atoms with Crippen molar-refractivity contribution in [3.63, 3.8) is 0 Å². The summed E-state index contributed by atoms with van der Waals surface area (Å²) in [5.74, 6) is -2.40. The van der Waals surface area contributed by atoms with E-state index >= 15 is 0 Å². The van der Waals surface area contributed by atoms with Gasteiger partial charge in [-0.25, -0.2) is 14.2 Å². The van der Waals surface area contributed by atoms with E-state index in [1.807, 2.05) is 6.92 Å². The molecule has 39 heavy (non-hydrogen) atoms. The molecule has 1 amide bonds. The fourth-order valence-electron chi connectivity index (χ4n) is 4.98. The molecule has 2 aliphatic rings. The summed E-state index contributed by atoms with van der Waals surface area (Å²) in [6, 6.07) is 14.3. The zero-order valence-corrected chi connectivity index (χ0v) is 21.6. The number of amides is 1. The lowest BCUT2D eigenvalue weighted by Gasteiger charge is -2.23. The van der Waals surface area contributed by atoms with E-state index in [1.165, 1.54) is 42.3 Å². The average molecular weight is 545 g/mol. The smallest absolute Gasteiger partial charge is 0.337 e. The summed E-state index contributed by atoms with van der Waals surface area (Å²) in [6.45, 7) is 1.94. The number of carbonyl (C=O) groups excluding carboxylic acids is 3. The molecule has 2 aliphatic heterocycles. The van der Waals surface area contributed by atoms with Crippen molar-refractivity contribution >= 4 is 50.1 Å². The highest BCUT2D eigenvalue weighted by Crippen LogP contribution is 2.45. The number of carbonyl (C=O) groups is 3. The Labute approximate surface area is 225 Å². The first-order valence-electron chi connectivity index (χ1n) is 12.1. The van der Waals surface area contributed by atoms with Gasteiger partial charge >= 0.3 is 11.9 Å². The second-order valence-electron chi connectivity index (χ2n) is 9.35. The number of halogens is 1. The first kappa shape index (κ1) is 24.7. The number of rotatable bonds is 4. The lowest BCUT2D eigenvalue weighted by Crippen LogP contribution is -2.29. The van der Waals surface area contributed by atoms with Crippen LogP contribution in [-0.4, -0.2) is 41.0 Å². The van der Waals surface area contributed by atoms with Crippen LogP contribution in [0.3, 0.4) is 0 Å². The van der Waals surface area contributed by atoms with Crippen LogP contribution >= 0.6 is 11.3 Å². The van der Waals surface area contributed by atoms with Gasteiger partial charge in [0.2, 0.25) is 0 Å². The maximum Gasteiger partial charge on any atom is 0.337 e. The number of fused-ring (bicyclic) bond motifs is 2. The van der Waals surface area contributed by atoms with Gasteiger partial charge in [0.1, 0.15) is 23.4 Å². The Hall–Kier alpha value is -4.57. The molecule has 1 aromatic heterocycles. The molecule has 1 fully saturated rings. The number of hydrogen-bond acceptors (Lipinski definition) is 8. The molecule has 2 atom stereocenters.